The second-order valence-electron chi connectivity index (χ2n) is 5.80. The van der Waals surface area contributed by atoms with Crippen molar-refractivity contribution in [3.8, 4) is 5.75 Å². The molecule has 1 N–H and O–H groups in total. The van der Waals surface area contributed by atoms with E-state index in [1.54, 1.807) is 18.2 Å². The molecule has 3 aromatic rings. The molecule has 0 saturated carbocycles. The van der Waals surface area contributed by atoms with Gasteiger partial charge in [-0.1, -0.05) is 17.7 Å². The van der Waals surface area contributed by atoms with Crippen LogP contribution < -0.4 is 0 Å². The van der Waals surface area contributed by atoms with Gasteiger partial charge in [-0.3, -0.25) is 0 Å². The van der Waals surface area contributed by atoms with Crippen molar-refractivity contribution in [2.45, 2.75) is 21.6 Å². The standard InChI is InChI=1S/C20H18F2OS/c1-14-3-7-16(8-4-14)24(2,17-9-5-15(21)6-10-17)18-11-12-20(23)19(22)13-18/h3-13,23H,1-2H3. The summed E-state index contributed by atoms with van der Waals surface area (Å²) in [6.45, 7) is 2.01. The Morgan fingerprint density at radius 1 is 0.750 bits per heavy atom. The molecule has 0 bridgehead atoms. The average molecular weight is 344 g/mol. The first-order valence-corrected chi connectivity index (χ1v) is 9.54. The van der Waals surface area contributed by atoms with Crippen LogP contribution in [0.4, 0.5) is 8.78 Å². The van der Waals surface area contributed by atoms with E-state index in [2.05, 4.69) is 6.26 Å². The number of aromatic hydroxyl groups is 1. The molecule has 0 heterocycles. The van der Waals surface area contributed by atoms with Crippen molar-refractivity contribution in [3.63, 3.8) is 0 Å². The topological polar surface area (TPSA) is 20.2 Å². The number of benzene rings is 3. The Morgan fingerprint density at radius 2 is 1.25 bits per heavy atom. The maximum atomic E-state index is 14.0. The molecule has 24 heavy (non-hydrogen) atoms. The van der Waals surface area contributed by atoms with Gasteiger partial charge in [0.1, 0.15) is 5.82 Å². The van der Waals surface area contributed by atoms with Crippen LogP contribution >= 0.6 is 10.0 Å². The van der Waals surface area contributed by atoms with Gasteiger partial charge >= 0.3 is 0 Å². The second-order valence-corrected chi connectivity index (χ2v) is 9.05. The van der Waals surface area contributed by atoms with Crippen molar-refractivity contribution in [1.29, 1.82) is 0 Å². The SMILES string of the molecule is Cc1ccc(S(C)(c2ccc(F)cc2)c2ccc(O)c(F)c2)cc1. The molecular weight excluding hydrogens is 326 g/mol. The zero-order valence-corrected chi connectivity index (χ0v) is 14.3. The van der Waals surface area contributed by atoms with Crippen LogP contribution in [0.3, 0.4) is 0 Å². The third kappa shape index (κ3) is 2.89. The second kappa shape index (κ2) is 6.29. The Labute approximate surface area is 141 Å². The number of aryl methyl sites for hydroxylation is 1. The molecule has 1 nitrogen and oxygen atoms in total. The fraction of sp³-hybridized carbons (Fsp3) is 0.100. The molecule has 0 aliphatic carbocycles. The van der Waals surface area contributed by atoms with Gasteiger partial charge in [-0.2, -0.15) is 10.0 Å². The van der Waals surface area contributed by atoms with Crippen LogP contribution in [0, 0.1) is 18.6 Å². The van der Waals surface area contributed by atoms with Gasteiger partial charge in [0.2, 0.25) is 0 Å². The molecule has 124 valence electrons. The first kappa shape index (κ1) is 16.5. The van der Waals surface area contributed by atoms with Crippen molar-refractivity contribution < 1.29 is 13.9 Å². The fourth-order valence-corrected chi connectivity index (χ4v) is 5.52. The molecule has 0 aliphatic heterocycles. The summed E-state index contributed by atoms with van der Waals surface area (Å²) in [5.41, 5.74) is 1.14. The van der Waals surface area contributed by atoms with E-state index in [1.807, 2.05) is 31.2 Å². The summed E-state index contributed by atoms with van der Waals surface area (Å²) in [7, 11) is -1.77. The molecule has 4 heteroatoms. The summed E-state index contributed by atoms with van der Waals surface area (Å²) in [5.74, 6) is -1.33. The predicted molar refractivity (Wildman–Crippen MR) is 94.0 cm³/mol. The minimum atomic E-state index is -1.77. The number of phenolic OH excluding ortho intramolecular Hbond substituents is 1. The van der Waals surface area contributed by atoms with Crippen molar-refractivity contribution in [1.82, 2.24) is 0 Å². The highest BCUT2D eigenvalue weighted by Crippen LogP contribution is 2.65. The number of hydrogen-bond donors (Lipinski definition) is 1. The lowest BCUT2D eigenvalue weighted by atomic mass is 10.2. The first-order chi connectivity index (χ1) is 11.4. The normalized spacial score (nSPS) is 14.8. The number of phenols is 1. The largest absolute Gasteiger partial charge is 0.505 e. The van der Waals surface area contributed by atoms with E-state index >= 15 is 0 Å². The van der Waals surface area contributed by atoms with Crippen LogP contribution in [0.2, 0.25) is 0 Å². The number of rotatable bonds is 3. The molecule has 3 rings (SSSR count). The van der Waals surface area contributed by atoms with Crippen LogP contribution in [0.15, 0.2) is 81.4 Å². The Balaban J connectivity index is 2.25. The quantitative estimate of drug-likeness (QED) is 0.628. The van der Waals surface area contributed by atoms with E-state index < -0.39 is 15.8 Å². The third-order valence-electron chi connectivity index (χ3n) is 4.17. The van der Waals surface area contributed by atoms with Gasteiger partial charge in [0, 0.05) is 4.90 Å². The van der Waals surface area contributed by atoms with Crippen LogP contribution in [-0.4, -0.2) is 11.4 Å². The zero-order valence-electron chi connectivity index (χ0n) is 13.5. The third-order valence-corrected chi connectivity index (χ3v) is 7.79. The Bertz CT molecular complexity index is 812. The summed E-state index contributed by atoms with van der Waals surface area (Å²) < 4.78 is 27.3. The zero-order chi connectivity index (χ0) is 17.3. The van der Waals surface area contributed by atoms with Gasteiger partial charge in [0.15, 0.2) is 11.6 Å². The Hall–Kier alpha value is -2.33. The Morgan fingerprint density at radius 3 is 1.79 bits per heavy atom. The van der Waals surface area contributed by atoms with Gasteiger partial charge in [-0.25, -0.2) is 8.78 Å². The fourth-order valence-electron chi connectivity index (χ4n) is 2.67. The summed E-state index contributed by atoms with van der Waals surface area (Å²) in [4.78, 5) is 2.75. The van der Waals surface area contributed by atoms with Crippen molar-refractivity contribution in [3.05, 3.63) is 83.9 Å². The van der Waals surface area contributed by atoms with Crippen LogP contribution in [-0.2, 0) is 0 Å². The van der Waals surface area contributed by atoms with Crippen LogP contribution in [0.25, 0.3) is 0 Å². The summed E-state index contributed by atoms with van der Waals surface area (Å²) in [6, 6.07) is 18.9. The lowest BCUT2D eigenvalue weighted by Crippen LogP contribution is -2.02. The molecule has 3 aromatic carbocycles. The monoisotopic (exact) mass is 344 g/mol. The van der Waals surface area contributed by atoms with E-state index in [4.69, 9.17) is 0 Å². The summed E-state index contributed by atoms with van der Waals surface area (Å²) >= 11 is 0. The Kier molecular flexibility index (Phi) is 4.33. The van der Waals surface area contributed by atoms with Crippen molar-refractivity contribution >= 4 is 10.0 Å². The summed E-state index contributed by atoms with van der Waals surface area (Å²) in [5, 5.41) is 9.51. The smallest absolute Gasteiger partial charge is 0.165 e. The molecule has 0 saturated heterocycles. The van der Waals surface area contributed by atoms with E-state index in [0.717, 1.165) is 20.2 Å². The van der Waals surface area contributed by atoms with Gasteiger partial charge in [0.05, 0.1) is 0 Å². The molecular formula is C20H18F2OS. The minimum absolute atomic E-state index is 0.304. The average Bonchev–Trinajstić information content (AvgIpc) is 2.58. The molecule has 0 fully saturated rings. The number of hydrogen-bond acceptors (Lipinski definition) is 1. The highest BCUT2D eigenvalue weighted by Gasteiger charge is 2.26. The van der Waals surface area contributed by atoms with Crippen molar-refractivity contribution in [2.24, 2.45) is 0 Å². The van der Waals surface area contributed by atoms with Crippen LogP contribution in [0.1, 0.15) is 5.56 Å². The molecule has 0 spiro atoms. The molecule has 0 aromatic heterocycles. The van der Waals surface area contributed by atoms with E-state index in [1.165, 1.54) is 24.3 Å². The van der Waals surface area contributed by atoms with Crippen LogP contribution in [0.5, 0.6) is 5.75 Å². The predicted octanol–water partition coefficient (Wildman–Crippen LogP) is 5.89. The van der Waals surface area contributed by atoms with E-state index in [0.29, 0.717) is 0 Å². The van der Waals surface area contributed by atoms with Gasteiger partial charge in [0.25, 0.3) is 0 Å². The highest BCUT2D eigenvalue weighted by atomic mass is 32.3. The molecule has 1 atom stereocenters. The maximum absolute atomic E-state index is 14.0. The van der Waals surface area contributed by atoms with Gasteiger partial charge in [-0.05, 0) is 77.6 Å². The molecule has 0 amide bonds. The lowest BCUT2D eigenvalue weighted by molar-refractivity contribution is 0.431. The maximum Gasteiger partial charge on any atom is 0.165 e. The van der Waals surface area contributed by atoms with E-state index in [9.17, 15) is 13.9 Å². The highest BCUT2D eigenvalue weighted by molar-refractivity contribution is 8.33. The van der Waals surface area contributed by atoms with Crippen molar-refractivity contribution in [2.75, 3.05) is 6.26 Å². The minimum Gasteiger partial charge on any atom is -0.505 e. The molecule has 0 radical (unpaired) electrons. The van der Waals surface area contributed by atoms with Gasteiger partial charge < -0.3 is 5.11 Å². The number of halogens is 2. The van der Waals surface area contributed by atoms with E-state index in [-0.39, 0.29) is 11.6 Å². The lowest BCUT2D eigenvalue weighted by Gasteiger charge is -2.37. The summed E-state index contributed by atoms with van der Waals surface area (Å²) in [6.07, 6.45) is 2.05. The molecule has 0 aliphatic rings. The molecule has 1 unspecified atom stereocenters. The first-order valence-electron chi connectivity index (χ1n) is 7.50. The van der Waals surface area contributed by atoms with Gasteiger partial charge in [-0.15, -0.1) is 0 Å².